The Bertz CT molecular complexity index is 976. The smallest absolute Gasteiger partial charge is 0.151 e. The van der Waals surface area contributed by atoms with Gasteiger partial charge in [0.15, 0.2) is 5.82 Å². The Morgan fingerprint density at radius 1 is 1.29 bits per heavy atom. The number of thioether (sulfide) groups is 1. The van der Waals surface area contributed by atoms with Gasteiger partial charge in [0, 0.05) is 22.7 Å². The van der Waals surface area contributed by atoms with Crippen molar-refractivity contribution in [2.45, 2.75) is 37.6 Å². The summed E-state index contributed by atoms with van der Waals surface area (Å²) < 4.78 is 7.67. The maximum Gasteiger partial charge on any atom is 0.151 e. The highest BCUT2D eigenvalue weighted by molar-refractivity contribution is 7.99. The van der Waals surface area contributed by atoms with Crippen molar-refractivity contribution in [1.82, 2.24) is 14.5 Å². The fraction of sp³-hybridized carbons (Fsp3) is 0.400. The molecule has 0 saturated heterocycles. The van der Waals surface area contributed by atoms with Crippen molar-refractivity contribution in [2.75, 3.05) is 25.2 Å². The zero-order chi connectivity index (χ0) is 20.3. The summed E-state index contributed by atoms with van der Waals surface area (Å²) in [4.78, 5) is 9.94. The molecule has 28 heavy (non-hydrogen) atoms. The van der Waals surface area contributed by atoms with Gasteiger partial charge in [-0.2, -0.15) is 0 Å². The Morgan fingerprint density at radius 3 is 2.79 bits per heavy atom. The van der Waals surface area contributed by atoms with E-state index in [4.69, 9.17) is 33.7 Å². The first-order chi connectivity index (χ1) is 13.4. The Labute approximate surface area is 179 Å². The van der Waals surface area contributed by atoms with Gasteiger partial charge < -0.3 is 15.0 Å². The number of nitrogens with two attached hydrogens (primary N) is 1. The van der Waals surface area contributed by atoms with Crippen molar-refractivity contribution in [3.05, 3.63) is 45.8 Å². The first kappa shape index (κ1) is 21.2. The zero-order valence-corrected chi connectivity index (χ0v) is 18.5. The molecule has 0 aliphatic carbocycles. The van der Waals surface area contributed by atoms with E-state index < -0.39 is 0 Å². The Hall–Kier alpha value is -1.47. The summed E-state index contributed by atoms with van der Waals surface area (Å²) in [6.45, 7) is 4.64. The topological polar surface area (TPSA) is 66.0 Å². The second-order valence-electron chi connectivity index (χ2n) is 6.73. The van der Waals surface area contributed by atoms with Crippen molar-refractivity contribution in [3.63, 3.8) is 0 Å². The van der Waals surface area contributed by atoms with Gasteiger partial charge in [0.1, 0.15) is 5.52 Å². The average molecular weight is 439 g/mol. The molecule has 0 spiro atoms. The number of hydrogen-bond donors (Lipinski definition) is 1. The standard InChI is InChI=1S/C20H24Cl2N4OS/c1-12-13(2)25-20(23)18-19(12)26(11-24-18)15(10-27-3)5-4-8-28-17-7-6-14(21)9-16(17)22/h6-7,9,11,15H,4-5,8,10H2,1-3H3,(H2,23,25). The molecule has 0 aliphatic rings. The third-order valence-electron chi connectivity index (χ3n) is 4.81. The van der Waals surface area contributed by atoms with Gasteiger partial charge in [-0.25, -0.2) is 9.97 Å². The van der Waals surface area contributed by atoms with Crippen molar-refractivity contribution in [1.29, 1.82) is 0 Å². The van der Waals surface area contributed by atoms with Gasteiger partial charge in [-0.1, -0.05) is 23.2 Å². The highest BCUT2D eigenvalue weighted by atomic mass is 35.5. The Balaban J connectivity index is 1.73. The monoisotopic (exact) mass is 438 g/mol. The van der Waals surface area contributed by atoms with Gasteiger partial charge in [-0.05, 0) is 56.2 Å². The number of anilines is 1. The van der Waals surface area contributed by atoms with Gasteiger partial charge in [0.05, 0.1) is 29.5 Å². The molecule has 2 heterocycles. The summed E-state index contributed by atoms with van der Waals surface area (Å²) in [7, 11) is 1.72. The van der Waals surface area contributed by atoms with E-state index in [-0.39, 0.29) is 6.04 Å². The van der Waals surface area contributed by atoms with Crippen LogP contribution in [0.25, 0.3) is 11.0 Å². The van der Waals surface area contributed by atoms with E-state index in [1.807, 2.05) is 25.4 Å². The quantitative estimate of drug-likeness (QED) is 0.360. The minimum atomic E-state index is 0.177. The number of imidazole rings is 1. The molecule has 1 atom stereocenters. The molecule has 5 nitrogen and oxygen atoms in total. The lowest BCUT2D eigenvalue weighted by Crippen LogP contribution is -2.15. The predicted octanol–water partition coefficient (Wildman–Crippen LogP) is 5.70. The van der Waals surface area contributed by atoms with Crippen LogP contribution in [0.4, 0.5) is 5.82 Å². The number of nitrogen functional groups attached to an aromatic ring is 1. The van der Waals surface area contributed by atoms with Gasteiger partial charge in [-0.3, -0.25) is 0 Å². The number of aryl methyl sites for hydroxylation is 2. The lowest BCUT2D eigenvalue weighted by atomic mass is 10.1. The van der Waals surface area contributed by atoms with Gasteiger partial charge >= 0.3 is 0 Å². The average Bonchev–Trinajstić information content (AvgIpc) is 3.09. The van der Waals surface area contributed by atoms with Crippen LogP contribution in [0.2, 0.25) is 10.0 Å². The number of nitrogens with zero attached hydrogens (tertiary/aromatic N) is 3. The molecule has 150 valence electrons. The number of ether oxygens (including phenoxy) is 1. The van der Waals surface area contributed by atoms with Crippen molar-refractivity contribution >= 4 is 51.8 Å². The fourth-order valence-corrected chi connectivity index (χ4v) is 4.74. The molecule has 2 aromatic heterocycles. The molecular weight excluding hydrogens is 415 g/mol. The maximum absolute atomic E-state index is 6.26. The first-order valence-corrected chi connectivity index (χ1v) is 10.8. The molecule has 1 unspecified atom stereocenters. The van der Waals surface area contributed by atoms with Crippen LogP contribution in [0.5, 0.6) is 0 Å². The second-order valence-corrected chi connectivity index (χ2v) is 8.71. The van der Waals surface area contributed by atoms with E-state index in [2.05, 4.69) is 21.5 Å². The van der Waals surface area contributed by atoms with Crippen LogP contribution in [-0.2, 0) is 4.74 Å². The molecule has 8 heteroatoms. The summed E-state index contributed by atoms with van der Waals surface area (Å²) in [5, 5.41) is 1.35. The molecule has 0 saturated carbocycles. The maximum atomic E-state index is 6.26. The van der Waals surface area contributed by atoms with E-state index in [1.54, 1.807) is 24.9 Å². The van der Waals surface area contributed by atoms with Crippen molar-refractivity contribution < 1.29 is 4.74 Å². The number of rotatable bonds is 8. The van der Waals surface area contributed by atoms with Gasteiger partial charge in [0.2, 0.25) is 0 Å². The minimum Gasteiger partial charge on any atom is -0.383 e. The SMILES string of the molecule is COCC(CCCSc1ccc(Cl)cc1Cl)n1cnc2c(N)nc(C)c(C)c21. The molecule has 2 N–H and O–H groups in total. The first-order valence-electron chi connectivity index (χ1n) is 9.08. The summed E-state index contributed by atoms with van der Waals surface area (Å²) in [6.07, 6.45) is 3.82. The number of benzene rings is 1. The van der Waals surface area contributed by atoms with E-state index >= 15 is 0 Å². The molecule has 3 aromatic rings. The van der Waals surface area contributed by atoms with E-state index in [0.29, 0.717) is 22.5 Å². The third-order valence-corrected chi connectivity index (χ3v) is 6.63. The number of aromatic nitrogens is 3. The third kappa shape index (κ3) is 4.57. The van der Waals surface area contributed by atoms with Crippen LogP contribution in [0.3, 0.4) is 0 Å². The Morgan fingerprint density at radius 2 is 2.07 bits per heavy atom. The molecule has 0 bridgehead atoms. The van der Waals surface area contributed by atoms with Crippen molar-refractivity contribution in [3.8, 4) is 0 Å². The summed E-state index contributed by atoms with van der Waals surface area (Å²) in [6, 6.07) is 5.79. The predicted molar refractivity (Wildman–Crippen MR) is 119 cm³/mol. The normalized spacial score (nSPS) is 12.6. The Kier molecular flexibility index (Phi) is 7.10. The highest BCUT2D eigenvalue weighted by Crippen LogP contribution is 2.32. The molecule has 0 radical (unpaired) electrons. The number of pyridine rings is 1. The minimum absolute atomic E-state index is 0.177. The van der Waals surface area contributed by atoms with Crippen LogP contribution < -0.4 is 5.73 Å². The van der Waals surface area contributed by atoms with E-state index in [9.17, 15) is 0 Å². The molecule has 0 aliphatic heterocycles. The number of halogens is 2. The highest BCUT2D eigenvalue weighted by Gasteiger charge is 2.18. The number of fused-ring (bicyclic) bond motifs is 1. The summed E-state index contributed by atoms with van der Waals surface area (Å²) in [5.41, 5.74) is 9.91. The van der Waals surface area contributed by atoms with Gasteiger partial charge in [-0.15, -0.1) is 11.8 Å². The molecule has 3 rings (SSSR count). The van der Waals surface area contributed by atoms with Crippen LogP contribution in [0, 0.1) is 13.8 Å². The fourth-order valence-electron chi connectivity index (χ4n) is 3.27. The van der Waals surface area contributed by atoms with Crippen LogP contribution in [-0.4, -0.2) is 34.0 Å². The summed E-state index contributed by atoms with van der Waals surface area (Å²) >= 11 is 14.0. The molecular formula is C20H24Cl2N4OS. The lowest BCUT2D eigenvalue weighted by Gasteiger charge is -2.20. The zero-order valence-electron chi connectivity index (χ0n) is 16.2. The van der Waals surface area contributed by atoms with Crippen LogP contribution in [0.15, 0.2) is 29.4 Å². The molecule has 0 amide bonds. The van der Waals surface area contributed by atoms with E-state index in [1.165, 1.54) is 0 Å². The molecule has 1 aromatic carbocycles. The number of methoxy groups -OCH3 is 1. The van der Waals surface area contributed by atoms with Crippen LogP contribution >= 0.6 is 35.0 Å². The summed E-state index contributed by atoms with van der Waals surface area (Å²) in [5.74, 6) is 1.43. The molecule has 0 fully saturated rings. The van der Waals surface area contributed by atoms with Crippen molar-refractivity contribution in [2.24, 2.45) is 0 Å². The van der Waals surface area contributed by atoms with E-state index in [0.717, 1.165) is 45.8 Å². The number of hydrogen-bond acceptors (Lipinski definition) is 5. The lowest BCUT2D eigenvalue weighted by molar-refractivity contribution is 0.152. The van der Waals surface area contributed by atoms with Crippen LogP contribution in [0.1, 0.15) is 30.1 Å². The second kappa shape index (κ2) is 9.35. The van der Waals surface area contributed by atoms with Gasteiger partial charge in [0.25, 0.3) is 0 Å². The largest absolute Gasteiger partial charge is 0.383 e.